The second-order valence-electron chi connectivity index (χ2n) is 8.90. The van der Waals surface area contributed by atoms with Crippen LogP contribution < -0.4 is 4.74 Å². The molecule has 0 bridgehead atoms. The summed E-state index contributed by atoms with van der Waals surface area (Å²) in [4.78, 5) is 0. The van der Waals surface area contributed by atoms with Gasteiger partial charge in [0.15, 0.2) is 23.2 Å². The Morgan fingerprint density at radius 3 is 2.17 bits per heavy atom. The predicted molar refractivity (Wildman–Crippen MR) is 130 cm³/mol. The SMILES string of the molecule is CCOc1ccc(-c2ccc(C=Cc3ccc(C4CCC(CO)CC4)c(F)c3F)cc2)c(F)c1F. The molecule has 0 saturated heterocycles. The van der Waals surface area contributed by atoms with Gasteiger partial charge in [0.05, 0.1) is 6.61 Å². The lowest BCUT2D eigenvalue weighted by atomic mass is 9.78. The van der Waals surface area contributed by atoms with Crippen LogP contribution in [-0.4, -0.2) is 18.3 Å². The molecule has 2 nitrogen and oxygen atoms in total. The average Bonchev–Trinajstić information content (AvgIpc) is 2.88. The third-order valence-corrected chi connectivity index (χ3v) is 6.71. The van der Waals surface area contributed by atoms with Crippen molar-refractivity contribution in [1.29, 1.82) is 0 Å². The third kappa shape index (κ3) is 5.43. The van der Waals surface area contributed by atoms with Crippen LogP contribution >= 0.6 is 0 Å². The molecule has 0 aromatic heterocycles. The second kappa shape index (κ2) is 11.1. The monoisotopic (exact) mass is 484 g/mol. The van der Waals surface area contributed by atoms with Gasteiger partial charge >= 0.3 is 0 Å². The molecule has 6 heteroatoms. The van der Waals surface area contributed by atoms with Crippen molar-refractivity contribution in [2.24, 2.45) is 5.92 Å². The van der Waals surface area contributed by atoms with E-state index < -0.39 is 23.3 Å². The number of benzene rings is 3. The van der Waals surface area contributed by atoms with Gasteiger partial charge in [0.1, 0.15) is 0 Å². The molecule has 1 aliphatic rings. The van der Waals surface area contributed by atoms with Crippen molar-refractivity contribution in [3.63, 3.8) is 0 Å². The van der Waals surface area contributed by atoms with E-state index >= 15 is 0 Å². The molecule has 1 fully saturated rings. The largest absolute Gasteiger partial charge is 0.491 e. The van der Waals surface area contributed by atoms with Gasteiger partial charge in [0, 0.05) is 17.7 Å². The van der Waals surface area contributed by atoms with Crippen LogP contribution in [0.15, 0.2) is 48.5 Å². The molecule has 0 spiro atoms. The van der Waals surface area contributed by atoms with Gasteiger partial charge in [-0.25, -0.2) is 13.2 Å². The van der Waals surface area contributed by atoms with Crippen LogP contribution in [-0.2, 0) is 0 Å². The molecule has 0 radical (unpaired) electrons. The highest BCUT2D eigenvalue weighted by Crippen LogP contribution is 2.38. The van der Waals surface area contributed by atoms with Crippen molar-refractivity contribution in [2.75, 3.05) is 13.2 Å². The van der Waals surface area contributed by atoms with Crippen molar-refractivity contribution < 1.29 is 27.4 Å². The van der Waals surface area contributed by atoms with Crippen molar-refractivity contribution in [3.8, 4) is 16.9 Å². The first kappa shape index (κ1) is 25.0. The van der Waals surface area contributed by atoms with Crippen LogP contribution in [0.25, 0.3) is 23.3 Å². The molecule has 0 amide bonds. The van der Waals surface area contributed by atoms with E-state index in [1.807, 2.05) is 0 Å². The molecule has 0 atom stereocenters. The van der Waals surface area contributed by atoms with E-state index in [1.54, 1.807) is 49.4 Å². The minimum Gasteiger partial charge on any atom is -0.491 e. The van der Waals surface area contributed by atoms with Gasteiger partial charge in [-0.3, -0.25) is 0 Å². The van der Waals surface area contributed by atoms with E-state index in [0.29, 0.717) is 16.7 Å². The number of hydrogen-bond donors (Lipinski definition) is 1. The van der Waals surface area contributed by atoms with Crippen molar-refractivity contribution in [2.45, 2.75) is 38.5 Å². The summed E-state index contributed by atoms with van der Waals surface area (Å²) in [6.45, 7) is 2.06. The lowest BCUT2D eigenvalue weighted by molar-refractivity contribution is 0.181. The first-order valence-electron chi connectivity index (χ1n) is 11.9. The van der Waals surface area contributed by atoms with Crippen LogP contribution in [0, 0.1) is 29.2 Å². The molecular formula is C29H28F4O2. The number of hydrogen-bond acceptors (Lipinski definition) is 2. The van der Waals surface area contributed by atoms with Crippen LogP contribution in [0.3, 0.4) is 0 Å². The van der Waals surface area contributed by atoms with E-state index in [9.17, 15) is 22.7 Å². The van der Waals surface area contributed by atoms with Gasteiger partial charge < -0.3 is 9.84 Å². The number of halogens is 4. The Balaban J connectivity index is 1.49. The fraction of sp³-hybridized carbons (Fsp3) is 0.310. The zero-order chi connectivity index (χ0) is 24.9. The van der Waals surface area contributed by atoms with Gasteiger partial charge in [-0.1, -0.05) is 48.6 Å². The Hall–Kier alpha value is -3.12. The maximum atomic E-state index is 14.8. The van der Waals surface area contributed by atoms with Gasteiger partial charge in [-0.15, -0.1) is 0 Å². The summed E-state index contributed by atoms with van der Waals surface area (Å²) >= 11 is 0. The third-order valence-electron chi connectivity index (χ3n) is 6.71. The van der Waals surface area contributed by atoms with Crippen molar-refractivity contribution in [3.05, 3.63) is 88.5 Å². The first-order chi connectivity index (χ1) is 16.9. The lowest BCUT2D eigenvalue weighted by Gasteiger charge is -2.28. The molecular weight excluding hydrogens is 456 g/mol. The molecule has 4 rings (SSSR count). The Morgan fingerprint density at radius 1 is 0.800 bits per heavy atom. The summed E-state index contributed by atoms with van der Waals surface area (Å²) in [5.74, 6) is -3.64. The van der Waals surface area contributed by atoms with Crippen LogP contribution in [0.5, 0.6) is 5.75 Å². The standard InChI is InChI=1S/C29H28F4O2/c1-2-35-25-16-15-24(28(32)29(25)33)20-8-3-18(4-9-20)5-12-22-13-14-23(27(31)26(22)30)21-10-6-19(17-34)7-11-21/h3-5,8-9,12-16,19,21,34H,2,6-7,10-11,17H2,1H3. The van der Waals surface area contributed by atoms with Gasteiger partial charge in [-0.05, 0) is 73.3 Å². The number of aliphatic hydroxyl groups excluding tert-OH is 1. The fourth-order valence-corrected chi connectivity index (χ4v) is 4.66. The molecule has 1 N–H and O–H groups in total. The Kier molecular flexibility index (Phi) is 7.91. The molecule has 184 valence electrons. The van der Waals surface area contributed by atoms with Crippen molar-refractivity contribution >= 4 is 12.2 Å². The summed E-state index contributed by atoms with van der Waals surface area (Å²) < 4.78 is 63.3. The summed E-state index contributed by atoms with van der Waals surface area (Å²) in [5.41, 5.74) is 1.83. The topological polar surface area (TPSA) is 29.5 Å². The van der Waals surface area contributed by atoms with E-state index in [-0.39, 0.29) is 41.9 Å². The van der Waals surface area contributed by atoms with Gasteiger partial charge in [0.25, 0.3) is 0 Å². The minimum absolute atomic E-state index is 0.0364. The quantitative estimate of drug-likeness (QED) is 0.274. The molecule has 35 heavy (non-hydrogen) atoms. The first-order valence-corrected chi connectivity index (χ1v) is 11.9. The zero-order valence-corrected chi connectivity index (χ0v) is 19.5. The predicted octanol–water partition coefficient (Wildman–Crippen LogP) is 7.75. The van der Waals surface area contributed by atoms with Crippen LogP contribution in [0.2, 0.25) is 0 Å². The maximum Gasteiger partial charge on any atom is 0.201 e. The highest BCUT2D eigenvalue weighted by molar-refractivity contribution is 5.73. The molecule has 3 aromatic carbocycles. The molecule has 3 aromatic rings. The summed E-state index contributed by atoms with van der Waals surface area (Å²) in [7, 11) is 0. The number of rotatable bonds is 7. The number of aliphatic hydroxyl groups is 1. The highest BCUT2D eigenvalue weighted by atomic mass is 19.2. The summed E-state index contributed by atoms with van der Waals surface area (Å²) in [6, 6.07) is 12.8. The Labute approximate surface area is 202 Å². The van der Waals surface area contributed by atoms with Gasteiger partial charge in [0.2, 0.25) is 5.82 Å². The van der Waals surface area contributed by atoms with E-state index in [1.165, 1.54) is 18.2 Å². The maximum absolute atomic E-state index is 14.8. The highest BCUT2D eigenvalue weighted by Gasteiger charge is 2.25. The minimum atomic E-state index is -1.03. The molecule has 1 saturated carbocycles. The lowest BCUT2D eigenvalue weighted by Crippen LogP contribution is -2.17. The smallest absolute Gasteiger partial charge is 0.201 e. The summed E-state index contributed by atoms with van der Waals surface area (Å²) in [5, 5.41) is 9.28. The molecule has 0 heterocycles. The fourth-order valence-electron chi connectivity index (χ4n) is 4.66. The molecule has 1 aliphatic carbocycles. The second-order valence-corrected chi connectivity index (χ2v) is 8.90. The normalized spacial score (nSPS) is 18.2. The van der Waals surface area contributed by atoms with Gasteiger partial charge in [-0.2, -0.15) is 4.39 Å². The van der Waals surface area contributed by atoms with E-state index in [0.717, 1.165) is 25.7 Å². The van der Waals surface area contributed by atoms with Crippen molar-refractivity contribution in [1.82, 2.24) is 0 Å². The van der Waals surface area contributed by atoms with E-state index in [4.69, 9.17) is 4.74 Å². The number of ether oxygens (including phenoxy) is 1. The van der Waals surface area contributed by atoms with Crippen LogP contribution in [0.4, 0.5) is 17.6 Å². The molecule has 0 aliphatic heterocycles. The van der Waals surface area contributed by atoms with Crippen LogP contribution in [0.1, 0.15) is 55.2 Å². The summed E-state index contributed by atoms with van der Waals surface area (Å²) in [6.07, 6.45) is 6.24. The zero-order valence-electron chi connectivity index (χ0n) is 19.5. The Morgan fingerprint density at radius 2 is 1.51 bits per heavy atom. The van der Waals surface area contributed by atoms with E-state index in [2.05, 4.69) is 0 Å². The molecule has 0 unspecified atom stereocenters. The Bertz CT molecular complexity index is 1200. The average molecular weight is 485 g/mol.